The predicted molar refractivity (Wildman–Crippen MR) is 89.2 cm³/mol. The van der Waals surface area contributed by atoms with Crippen molar-refractivity contribution in [2.45, 2.75) is 50.9 Å². The molecule has 0 bridgehead atoms. The van der Waals surface area contributed by atoms with E-state index in [9.17, 15) is 18.0 Å². The lowest BCUT2D eigenvalue weighted by Gasteiger charge is -2.29. The highest BCUT2D eigenvalue weighted by Crippen LogP contribution is 2.56. The molecule has 2 fully saturated rings. The number of aryl methyl sites for hydroxylation is 1. The van der Waals surface area contributed by atoms with Gasteiger partial charge in [0.2, 0.25) is 5.91 Å². The molecule has 1 saturated heterocycles. The summed E-state index contributed by atoms with van der Waals surface area (Å²) >= 11 is 0. The summed E-state index contributed by atoms with van der Waals surface area (Å²) in [6.07, 6.45) is 0.394. The number of imidazole rings is 1. The molecule has 1 aromatic rings. The Balaban J connectivity index is 0.00000225. The third-order valence-electron chi connectivity index (χ3n) is 5.30. The number of nitrogens with one attached hydrogen (secondary N) is 1. The van der Waals surface area contributed by atoms with Crippen molar-refractivity contribution in [2.75, 3.05) is 13.1 Å². The van der Waals surface area contributed by atoms with Crippen LogP contribution < -0.4 is 5.32 Å². The number of rotatable bonds is 5. The summed E-state index contributed by atoms with van der Waals surface area (Å²) in [5.41, 5.74) is 0.0876. The van der Waals surface area contributed by atoms with Crippen LogP contribution in [0, 0.1) is 5.41 Å². The lowest BCUT2D eigenvalue weighted by atomic mass is 9.93. The number of carbonyl (C=O) groups excluding carboxylic acids is 1. The number of nitrogens with zero attached hydrogens (tertiary/aromatic N) is 3. The molecule has 0 aromatic carbocycles. The van der Waals surface area contributed by atoms with Gasteiger partial charge in [-0.25, -0.2) is 4.98 Å². The summed E-state index contributed by atoms with van der Waals surface area (Å²) in [7, 11) is 1.83. The molecule has 9 heteroatoms. The van der Waals surface area contributed by atoms with Crippen molar-refractivity contribution in [3.63, 3.8) is 0 Å². The Labute approximate surface area is 151 Å². The van der Waals surface area contributed by atoms with Gasteiger partial charge in [-0.15, -0.1) is 12.4 Å². The quantitative estimate of drug-likeness (QED) is 0.854. The smallest absolute Gasteiger partial charge is 0.337 e. The molecule has 2 heterocycles. The third-order valence-corrected chi connectivity index (χ3v) is 5.30. The van der Waals surface area contributed by atoms with E-state index in [-0.39, 0.29) is 30.4 Å². The Bertz CT molecular complexity index is 598. The maximum absolute atomic E-state index is 12.5. The van der Waals surface area contributed by atoms with Gasteiger partial charge in [0.1, 0.15) is 5.82 Å². The Morgan fingerprint density at radius 2 is 2.12 bits per heavy atom. The highest BCUT2D eigenvalue weighted by atomic mass is 35.5. The van der Waals surface area contributed by atoms with Crippen molar-refractivity contribution in [2.24, 2.45) is 12.5 Å². The van der Waals surface area contributed by atoms with E-state index in [0.717, 1.165) is 32.4 Å². The number of hydrogen-bond donors (Lipinski definition) is 1. The molecule has 5 nitrogen and oxygen atoms in total. The van der Waals surface area contributed by atoms with E-state index < -0.39 is 24.9 Å². The van der Waals surface area contributed by atoms with Crippen LogP contribution in [0.4, 0.5) is 13.2 Å². The molecule has 2 aliphatic rings. The Kier molecular flexibility index (Phi) is 6.04. The number of aromatic nitrogens is 2. The van der Waals surface area contributed by atoms with Crippen LogP contribution in [0.5, 0.6) is 0 Å². The topological polar surface area (TPSA) is 50.2 Å². The van der Waals surface area contributed by atoms with Crippen molar-refractivity contribution in [1.29, 1.82) is 0 Å². The average molecular weight is 381 g/mol. The fraction of sp³-hybridized carbons (Fsp3) is 0.750. The second-order valence-electron chi connectivity index (χ2n) is 6.92. The number of hydrogen-bond acceptors (Lipinski definition) is 3. The normalized spacial score (nSPS) is 21.7. The van der Waals surface area contributed by atoms with Gasteiger partial charge in [0, 0.05) is 31.9 Å². The molecule has 1 spiro atoms. The first kappa shape index (κ1) is 20.0. The van der Waals surface area contributed by atoms with E-state index in [4.69, 9.17) is 0 Å². The summed E-state index contributed by atoms with van der Waals surface area (Å²) in [4.78, 5) is 18.4. The first-order chi connectivity index (χ1) is 11.3. The molecular weight excluding hydrogens is 357 g/mol. The van der Waals surface area contributed by atoms with Crippen molar-refractivity contribution in [3.8, 4) is 0 Å². The monoisotopic (exact) mass is 380 g/mol. The van der Waals surface area contributed by atoms with Crippen LogP contribution >= 0.6 is 12.4 Å². The molecule has 1 aromatic heterocycles. The lowest BCUT2D eigenvalue weighted by Crippen LogP contribution is -2.39. The van der Waals surface area contributed by atoms with E-state index >= 15 is 0 Å². The second kappa shape index (κ2) is 7.53. The molecule has 1 saturated carbocycles. The largest absolute Gasteiger partial charge is 0.389 e. The van der Waals surface area contributed by atoms with Gasteiger partial charge in [0.25, 0.3) is 0 Å². The molecule has 1 amide bonds. The highest BCUT2D eigenvalue weighted by Gasteiger charge is 2.57. The zero-order valence-corrected chi connectivity index (χ0v) is 15.0. The molecule has 1 aliphatic carbocycles. The van der Waals surface area contributed by atoms with Gasteiger partial charge in [-0.2, -0.15) is 13.2 Å². The number of carbonyl (C=O) groups is 1. The number of halogens is 4. The lowest BCUT2D eigenvalue weighted by molar-refractivity contribution is -0.150. The molecule has 25 heavy (non-hydrogen) atoms. The highest BCUT2D eigenvalue weighted by molar-refractivity contribution is 5.85. The van der Waals surface area contributed by atoms with Gasteiger partial charge in [-0.3, -0.25) is 4.79 Å². The molecular formula is C16H24ClF3N4O. The Morgan fingerprint density at radius 3 is 2.68 bits per heavy atom. The molecule has 1 atom stereocenters. The zero-order chi connectivity index (χ0) is 17.4. The minimum Gasteiger partial charge on any atom is -0.337 e. The summed E-state index contributed by atoms with van der Waals surface area (Å²) < 4.78 is 39.3. The summed E-state index contributed by atoms with van der Waals surface area (Å²) in [6.45, 7) is 2.09. The van der Waals surface area contributed by atoms with E-state index in [2.05, 4.69) is 10.3 Å². The van der Waals surface area contributed by atoms with Crippen LogP contribution in [0.3, 0.4) is 0 Å². The second-order valence-corrected chi connectivity index (χ2v) is 6.92. The van der Waals surface area contributed by atoms with Gasteiger partial charge in [0.15, 0.2) is 0 Å². The van der Waals surface area contributed by atoms with Gasteiger partial charge >= 0.3 is 6.18 Å². The molecule has 0 radical (unpaired) electrons. The zero-order valence-electron chi connectivity index (χ0n) is 14.2. The summed E-state index contributed by atoms with van der Waals surface area (Å²) in [5, 5.41) is 3.30. The first-order valence-electron chi connectivity index (χ1n) is 8.34. The van der Waals surface area contributed by atoms with Gasteiger partial charge in [-0.1, -0.05) is 0 Å². The molecule has 3 rings (SSSR count). The van der Waals surface area contributed by atoms with Crippen LogP contribution in [0.15, 0.2) is 12.4 Å². The minimum atomic E-state index is -4.31. The van der Waals surface area contributed by atoms with Crippen LogP contribution in [-0.2, 0) is 18.4 Å². The van der Waals surface area contributed by atoms with E-state index in [1.165, 1.54) is 0 Å². The summed E-state index contributed by atoms with van der Waals surface area (Å²) in [5.74, 6) is 0.280. The van der Waals surface area contributed by atoms with Crippen molar-refractivity contribution >= 4 is 18.3 Å². The van der Waals surface area contributed by atoms with Crippen LogP contribution in [0.2, 0.25) is 0 Å². The fourth-order valence-corrected chi connectivity index (χ4v) is 3.69. The van der Waals surface area contributed by atoms with Gasteiger partial charge < -0.3 is 14.8 Å². The van der Waals surface area contributed by atoms with E-state index in [0.29, 0.717) is 5.82 Å². The van der Waals surface area contributed by atoms with Crippen LogP contribution in [-0.4, -0.2) is 45.7 Å². The Morgan fingerprint density at radius 1 is 1.44 bits per heavy atom. The SMILES string of the molecule is Cl.Cn1ccnc1CN(C(=O)CCC(F)(F)F)C1CC12CCNCC2. The summed E-state index contributed by atoms with van der Waals surface area (Å²) in [6, 6.07) is 0.0389. The predicted octanol–water partition coefficient (Wildman–Crippen LogP) is 2.66. The van der Waals surface area contributed by atoms with Crippen molar-refractivity contribution in [1.82, 2.24) is 19.8 Å². The van der Waals surface area contributed by atoms with Crippen molar-refractivity contribution in [3.05, 3.63) is 18.2 Å². The van der Waals surface area contributed by atoms with Crippen molar-refractivity contribution < 1.29 is 18.0 Å². The van der Waals surface area contributed by atoms with Crippen LogP contribution in [0.25, 0.3) is 0 Å². The third kappa shape index (κ3) is 4.67. The first-order valence-corrected chi connectivity index (χ1v) is 8.34. The Hall–Kier alpha value is -1.28. The molecule has 1 aliphatic heterocycles. The van der Waals surface area contributed by atoms with E-state index in [1.54, 1.807) is 17.3 Å². The molecule has 1 N–H and O–H groups in total. The molecule has 142 valence electrons. The minimum absolute atomic E-state index is 0. The number of piperidine rings is 1. The number of alkyl halides is 3. The molecule has 1 unspecified atom stereocenters. The standard InChI is InChI=1S/C16H23F3N4O.ClH/c1-22-9-8-21-13(22)11-23(14(24)2-3-16(17,18)19)12-10-15(12)4-6-20-7-5-15;/h8-9,12,20H,2-7,10-11H2,1H3;1H. The maximum Gasteiger partial charge on any atom is 0.389 e. The van der Waals surface area contributed by atoms with Crippen LogP contribution in [0.1, 0.15) is 37.9 Å². The average Bonchev–Trinajstić information content (AvgIpc) is 3.03. The fourth-order valence-electron chi connectivity index (χ4n) is 3.69. The number of amides is 1. The van der Waals surface area contributed by atoms with E-state index in [1.807, 2.05) is 11.6 Å². The maximum atomic E-state index is 12.5. The van der Waals surface area contributed by atoms with Gasteiger partial charge in [0.05, 0.1) is 13.0 Å². The van der Waals surface area contributed by atoms with Gasteiger partial charge in [-0.05, 0) is 37.8 Å².